The van der Waals surface area contributed by atoms with Gasteiger partial charge in [-0.15, -0.1) is 0 Å². The maximum atomic E-state index is 10.9. The molecule has 0 radical (unpaired) electrons. The van der Waals surface area contributed by atoms with Crippen LogP contribution in [0.1, 0.15) is 16.2 Å². The summed E-state index contributed by atoms with van der Waals surface area (Å²) in [5, 5.41) is 3.98. The second-order valence-corrected chi connectivity index (χ2v) is 3.69. The average molecular weight is 247 g/mol. The Hall–Kier alpha value is -2.28. The van der Waals surface area contributed by atoms with Crippen LogP contribution in [0.25, 0.3) is 5.82 Å². The highest BCUT2D eigenvalue weighted by molar-refractivity contribution is 7.80. The second kappa shape index (κ2) is 4.30. The van der Waals surface area contributed by atoms with Gasteiger partial charge in [-0.1, -0.05) is 18.3 Å². The van der Waals surface area contributed by atoms with E-state index >= 15 is 0 Å². The van der Waals surface area contributed by atoms with Gasteiger partial charge in [0.1, 0.15) is 10.7 Å². The van der Waals surface area contributed by atoms with Crippen molar-refractivity contribution in [3.63, 3.8) is 0 Å². The molecule has 0 fully saturated rings. The van der Waals surface area contributed by atoms with Crippen LogP contribution in [-0.2, 0) is 0 Å². The Bertz CT molecular complexity index is 592. The Labute approximate surface area is 102 Å². The number of carbonyl (C=O) groups excluding carboxylic acids is 1. The first-order chi connectivity index (χ1) is 8.08. The fourth-order valence-electron chi connectivity index (χ4n) is 1.27. The number of pyridine rings is 1. The van der Waals surface area contributed by atoms with Crippen LogP contribution < -0.4 is 11.5 Å². The number of amides is 1. The zero-order valence-electron chi connectivity index (χ0n) is 8.70. The average Bonchev–Trinajstić information content (AvgIpc) is 2.78. The van der Waals surface area contributed by atoms with Gasteiger partial charge in [-0.2, -0.15) is 5.10 Å². The second-order valence-electron chi connectivity index (χ2n) is 3.26. The van der Waals surface area contributed by atoms with E-state index in [4.69, 9.17) is 23.7 Å². The van der Waals surface area contributed by atoms with Gasteiger partial charge in [-0.25, -0.2) is 9.67 Å². The summed E-state index contributed by atoms with van der Waals surface area (Å²) in [6.45, 7) is 0. The summed E-state index contributed by atoms with van der Waals surface area (Å²) in [4.78, 5) is 15.3. The molecular weight excluding hydrogens is 238 g/mol. The lowest BCUT2D eigenvalue weighted by Crippen LogP contribution is -2.14. The van der Waals surface area contributed by atoms with Gasteiger partial charge in [0.05, 0.1) is 5.69 Å². The standard InChI is InChI=1S/C10H9N5OS/c11-9(16)6-4-5-15(14-6)8-3-1-2-7(13-8)10(12)17/h1-5H,(H2,11,16)(H2,12,17). The van der Waals surface area contributed by atoms with Crippen LogP contribution in [0.4, 0.5) is 0 Å². The van der Waals surface area contributed by atoms with Gasteiger partial charge in [-0.3, -0.25) is 4.79 Å². The number of nitrogens with two attached hydrogens (primary N) is 2. The molecule has 0 aliphatic heterocycles. The van der Waals surface area contributed by atoms with Gasteiger partial charge >= 0.3 is 0 Å². The van der Waals surface area contributed by atoms with Crippen molar-refractivity contribution in [3.05, 3.63) is 41.9 Å². The van der Waals surface area contributed by atoms with Crippen LogP contribution >= 0.6 is 12.2 Å². The molecule has 2 aromatic rings. The number of aromatic nitrogens is 3. The van der Waals surface area contributed by atoms with E-state index in [1.54, 1.807) is 24.4 Å². The Kier molecular flexibility index (Phi) is 2.84. The van der Waals surface area contributed by atoms with E-state index in [1.165, 1.54) is 10.7 Å². The van der Waals surface area contributed by atoms with E-state index in [-0.39, 0.29) is 10.7 Å². The zero-order chi connectivity index (χ0) is 12.4. The topological polar surface area (TPSA) is 99.8 Å². The predicted octanol–water partition coefficient (Wildman–Crippen LogP) is 0.000400. The number of nitrogens with zero attached hydrogens (tertiary/aromatic N) is 3. The van der Waals surface area contributed by atoms with Gasteiger partial charge < -0.3 is 11.5 Å². The van der Waals surface area contributed by atoms with Gasteiger partial charge in [0, 0.05) is 6.20 Å². The molecule has 0 bridgehead atoms. The maximum absolute atomic E-state index is 10.9. The Morgan fingerprint density at radius 2 is 2.00 bits per heavy atom. The minimum absolute atomic E-state index is 0.174. The molecule has 86 valence electrons. The van der Waals surface area contributed by atoms with Gasteiger partial charge in [0.2, 0.25) is 0 Å². The van der Waals surface area contributed by atoms with Gasteiger partial charge in [0.25, 0.3) is 5.91 Å². The first-order valence-electron chi connectivity index (χ1n) is 4.70. The SMILES string of the molecule is NC(=O)c1ccn(-c2cccc(C(N)=S)n2)n1. The highest BCUT2D eigenvalue weighted by Gasteiger charge is 2.07. The van der Waals surface area contributed by atoms with Crippen molar-refractivity contribution in [2.45, 2.75) is 0 Å². The number of rotatable bonds is 3. The molecule has 0 aliphatic rings. The summed E-state index contributed by atoms with van der Waals surface area (Å²) in [5.41, 5.74) is 11.3. The summed E-state index contributed by atoms with van der Waals surface area (Å²) in [6, 6.07) is 6.68. The van der Waals surface area contributed by atoms with Crippen LogP contribution in [0.15, 0.2) is 30.5 Å². The van der Waals surface area contributed by atoms with Crippen LogP contribution in [-0.4, -0.2) is 25.7 Å². The molecule has 4 N–H and O–H groups in total. The number of hydrogen-bond donors (Lipinski definition) is 2. The molecule has 17 heavy (non-hydrogen) atoms. The molecule has 2 rings (SSSR count). The molecule has 0 saturated carbocycles. The van der Waals surface area contributed by atoms with E-state index in [9.17, 15) is 4.79 Å². The molecular formula is C10H9N5OS. The summed E-state index contributed by atoms with van der Waals surface area (Å²) in [6.07, 6.45) is 1.59. The van der Waals surface area contributed by atoms with Gasteiger partial charge in [-0.05, 0) is 18.2 Å². The van der Waals surface area contributed by atoms with Crippen molar-refractivity contribution in [1.29, 1.82) is 0 Å². The third kappa shape index (κ3) is 2.28. The van der Waals surface area contributed by atoms with Crippen molar-refractivity contribution >= 4 is 23.1 Å². The molecule has 0 aromatic carbocycles. The van der Waals surface area contributed by atoms with Crippen molar-refractivity contribution in [3.8, 4) is 5.82 Å². The number of hydrogen-bond acceptors (Lipinski definition) is 4. The molecule has 0 saturated heterocycles. The largest absolute Gasteiger partial charge is 0.388 e. The number of thiocarbonyl (C=S) groups is 1. The van der Waals surface area contributed by atoms with Crippen molar-refractivity contribution < 1.29 is 4.79 Å². The van der Waals surface area contributed by atoms with Crippen LogP contribution in [0.3, 0.4) is 0 Å². The summed E-state index contributed by atoms with van der Waals surface area (Å²) in [5.74, 6) is -0.0722. The normalized spacial score (nSPS) is 10.1. The highest BCUT2D eigenvalue weighted by atomic mass is 32.1. The lowest BCUT2D eigenvalue weighted by atomic mass is 10.3. The van der Waals surface area contributed by atoms with E-state index in [1.807, 2.05) is 0 Å². The summed E-state index contributed by atoms with van der Waals surface area (Å²) in [7, 11) is 0. The van der Waals surface area contributed by atoms with E-state index in [2.05, 4.69) is 10.1 Å². The molecule has 6 nitrogen and oxygen atoms in total. The fraction of sp³-hybridized carbons (Fsp3) is 0. The first-order valence-corrected chi connectivity index (χ1v) is 5.11. The van der Waals surface area contributed by atoms with Gasteiger partial charge in [0.15, 0.2) is 5.82 Å². The van der Waals surface area contributed by atoms with E-state index in [0.29, 0.717) is 11.5 Å². The van der Waals surface area contributed by atoms with Crippen LogP contribution in [0.2, 0.25) is 0 Å². The lowest BCUT2D eigenvalue weighted by molar-refractivity contribution is 0.0995. The molecule has 0 atom stereocenters. The molecule has 1 amide bonds. The smallest absolute Gasteiger partial charge is 0.269 e. The highest BCUT2D eigenvalue weighted by Crippen LogP contribution is 2.06. The Morgan fingerprint density at radius 1 is 1.24 bits per heavy atom. The summed E-state index contributed by atoms with van der Waals surface area (Å²) >= 11 is 4.83. The third-order valence-corrected chi connectivity index (χ3v) is 2.27. The Morgan fingerprint density at radius 3 is 2.59 bits per heavy atom. The Balaban J connectivity index is 2.42. The maximum Gasteiger partial charge on any atom is 0.269 e. The molecule has 0 spiro atoms. The molecule has 0 unspecified atom stereocenters. The third-order valence-electron chi connectivity index (χ3n) is 2.06. The molecule has 0 aliphatic carbocycles. The quantitative estimate of drug-likeness (QED) is 0.744. The van der Waals surface area contributed by atoms with Crippen molar-refractivity contribution in [2.24, 2.45) is 11.5 Å². The molecule has 2 aromatic heterocycles. The van der Waals surface area contributed by atoms with Crippen molar-refractivity contribution in [1.82, 2.24) is 14.8 Å². The predicted molar refractivity (Wildman–Crippen MR) is 65.8 cm³/mol. The zero-order valence-corrected chi connectivity index (χ0v) is 9.52. The van der Waals surface area contributed by atoms with Crippen LogP contribution in [0.5, 0.6) is 0 Å². The lowest BCUT2D eigenvalue weighted by Gasteiger charge is -2.02. The first kappa shape index (κ1) is 11.2. The number of primary amides is 1. The van der Waals surface area contributed by atoms with Crippen molar-refractivity contribution in [2.75, 3.05) is 0 Å². The summed E-state index contributed by atoms with van der Waals surface area (Å²) < 4.78 is 1.43. The molecule has 2 heterocycles. The van der Waals surface area contributed by atoms with Crippen LogP contribution in [0, 0.1) is 0 Å². The monoisotopic (exact) mass is 247 g/mol. The number of carbonyl (C=O) groups is 1. The fourth-order valence-corrected chi connectivity index (χ4v) is 1.38. The molecule has 7 heteroatoms. The van der Waals surface area contributed by atoms with E-state index in [0.717, 1.165) is 0 Å². The minimum Gasteiger partial charge on any atom is -0.388 e. The minimum atomic E-state index is -0.589. The van der Waals surface area contributed by atoms with E-state index < -0.39 is 5.91 Å².